The first-order valence-electron chi connectivity index (χ1n) is 7.66. The molecule has 0 radical (unpaired) electrons. The molecule has 0 aromatic heterocycles. The zero-order chi connectivity index (χ0) is 13.9. The molecule has 1 fully saturated rings. The predicted octanol–water partition coefficient (Wildman–Crippen LogP) is 1.78. The van der Waals surface area contributed by atoms with Gasteiger partial charge in [0, 0.05) is 24.9 Å². The van der Waals surface area contributed by atoms with E-state index in [4.69, 9.17) is 4.99 Å². The van der Waals surface area contributed by atoms with Crippen LogP contribution in [-0.4, -0.2) is 61.1 Å². The summed E-state index contributed by atoms with van der Waals surface area (Å²) in [4.78, 5) is 7.12. The van der Waals surface area contributed by atoms with Gasteiger partial charge in [-0.1, -0.05) is 13.8 Å². The molecule has 0 amide bonds. The van der Waals surface area contributed by atoms with Crippen LogP contribution in [0.5, 0.6) is 0 Å². The third kappa shape index (κ3) is 7.06. The maximum absolute atomic E-state index is 4.70. The van der Waals surface area contributed by atoms with Gasteiger partial charge in [-0.3, -0.25) is 4.99 Å². The first-order valence-corrected chi connectivity index (χ1v) is 8.71. The van der Waals surface area contributed by atoms with E-state index in [0.717, 1.165) is 50.5 Å². The molecule has 1 rings (SSSR count). The highest BCUT2D eigenvalue weighted by molar-refractivity contribution is 8.00. The van der Waals surface area contributed by atoms with Gasteiger partial charge in [0.05, 0.1) is 6.54 Å². The molecule has 19 heavy (non-hydrogen) atoms. The van der Waals surface area contributed by atoms with Crippen molar-refractivity contribution in [3.63, 3.8) is 0 Å². The van der Waals surface area contributed by atoms with E-state index in [1.807, 2.05) is 0 Å². The van der Waals surface area contributed by atoms with Gasteiger partial charge in [0.2, 0.25) is 0 Å². The zero-order valence-corrected chi connectivity index (χ0v) is 13.6. The number of thioether (sulfide) groups is 1. The fraction of sp³-hybridized carbons (Fsp3) is 0.929. The summed E-state index contributed by atoms with van der Waals surface area (Å²) in [7, 11) is 0. The van der Waals surface area contributed by atoms with Gasteiger partial charge in [-0.15, -0.1) is 0 Å². The molecular weight excluding hydrogens is 256 g/mol. The summed E-state index contributed by atoms with van der Waals surface area (Å²) < 4.78 is 0. The zero-order valence-electron chi connectivity index (χ0n) is 12.7. The van der Waals surface area contributed by atoms with Gasteiger partial charge in [-0.05, 0) is 38.6 Å². The van der Waals surface area contributed by atoms with Gasteiger partial charge in [0.1, 0.15) is 0 Å². The van der Waals surface area contributed by atoms with Crippen LogP contribution in [0.2, 0.25) is 0 Å². The highest BCUT2D eigenvalue weighted by Gasteiger charge is 2.14. The molecule has 1 heterocycles. The Morgan fingerprint density at radius 3 is 2.63 bits per heavy atom. The van der Waals surface area contributed by atoms with Crippen LogP contribution in [0.15, 0.2) is 4.99 Å². The minimum absolute atomic E-state index is 0.734. The average Bonchev–Trinajstić information content (AvgIpc) is 2.94. The summed E-state index contributed by atoms with van der Waals surface area (Å²) in [5, 5.41) is 7.49. The lowest BCUT2D eigenvalue weighted by molar-refractivity contribution is 0.308. The van der Waals surface area contributed by atoms with Crippen LogP contribution >= 0.6 is 11.8 Å². The maximum Gasteiger partial charge on any atom is 0.191 e. The highest BCUT2D eigenvalue weighted by Crippen LogP contribution is 2.25. The molecule has 1 saturated heterocycles. The molecule has 1 unspecified atom stereocenters. The number of hydrogen-bond donors (Lipinski definition) is 2. The number of guanidine groups is 1. The Morgan fingerprint density at radius 2 is 2.05 bits per heavy atom. The van der Waals surface area contributed by atoms with E-state index in [9.17, 15) is 0 Å². The quantitative estimate of drug-likeness (QED) is 0.527. The van der Waals surface area contributed by atoms with Crippen molar-refractivity contribution < 1.29 is 0 Å². The number of likely N-dealkylation sites (N-methyl/N-ethyl adjacent to an activating group) is 1. The van der Waals surface area contributed by atoms with E-state index >= 15 is 0 Å². The second-order valence-electron chi connectivity index (χ2n) is 4.81. The summed E-state index contributed by atoms with van der Waals surface area (Å²) >= 11 is 2.07. The molecule has 4 nitrogen and oxygen atoms in total. The number of nitrogens with one attached hydrogen (secondary N) is 2. The average molecular weight is 286 g/mol. The van der Waals surface area contributed by atoms with Gasteiger partial charge in [-0.25, -0.2) is 0 Å². The Labute approximate surface area is 122 Å². The van der Waals surface area contributed by atoms with Crippen molar-refractivity contribution >= 4 is 17.7 Å². The van der Waals surface area contributed by atoms with Crippen molar-refractivity contribution in [2.45, 2.75) is 38.9 Å². The first-order chi connectivity index (χ1) is 9.30. The summed E-state index contributed by atoms with van der Waals surface area (Å²) in [5.41, 5.74) is 0. The molecule has 0 bridgehead atoms. The Balaban J connectivity index is 2.27. The molecule has 112 valence electrons. The lowest BCUT2D eigenvalue weighted by atomic mass is 10.2. The maximum atomic E-state index is 4.70. The van der Waals surface area contributed by atoms with Crippen molar-refractivity contribution in [2.75, 3.05) is 45.0 Å². The minimum atomic E-state index is 0.734. The molecule has 1 aliphatic rings. The molecule has 0 aliphatic carbocycles. The second-order valence-corrected chi connectivity index (χ2v) is 6.22. The van der Waals surface area contributed by atoms with Gasteiger partial charge in [-0.2, -0.15) is 11.8 Å². The largest absolute Gasteiger partial charge is 0.357 e. The molecule has 2 N–H and O–H groups in total. The second kappa shape index (κ2) is 10.4. The summed E-state index contributed by atoms with van der Waals surface area (Å²) in [6.45, 7) is 12.7. The minimum Gasteiger partial charge on any atom is -0.357 e. The van der Waals surface area contributed by atoms with Crippen molar-refractivity contribution in [1.82, 2.24) is 15.5 Å². The first kappa shape index (κ1) is 16.6. The van der Waals surface area contributed by atoms with Crippen LogP contribution in [0.25, 0.3) is 0 Å². The molecule has 0 spiro atoms. The van der Waals surface area contributed by atoms with E-state index in [2.05, 4.69) is 48.1 Å². The Bertz CT molecular complexity index is 248. The third-order valence-corrected chi connectivity index (χ3v) is 4.82. The lowest BCUT2D eigenvalue weighted by Gasteiger charge is -2.19. The van der Waals surface area contributed by atoms with Crippen molar-refractivity contribution in [3.8, 4) is 0 Å². The molecule has 1 aliphatic heterocycles. The molecule has 1 atom stereocenters. The number of rotatable bonds is 8. The van der Waals surface area contributed by atoms with Gasteiger partial charge in [0.25, 0.3) is 0 Å². The van der Waals surface area contributed by atoms with Crippen molar-refractivity contribution in [1.29, 1.82) is 0 Å². The molecule has 0 aromatic carbocycles. The smallest absolute Gasteiger partial charge is 0.191 e. The summed E-state index contributed by atoms with van der Waals surface area (Å²) in [6, 6.07) is 0. The van der Waals surface area contributed by atoms with Crippen LogP contribution in [0.1, 0.15) is 33.6 Å². The Morgan fingerprint density at radius 1 is 1.26 bits per heavy atom. The van der Waals surface area contributed by atoms with E-state index in [-0.39, 0.29) is 0 Å². The Kier molecular flexibility index (Phi) is 9.08. The predicted molar refractivity (Wildman–Crippen MR) is 87.2 cm³/mol. The SMILES string of the molecule is CCNC(=NCC1CCCS1)NCCN(CC)CC. The van der Waals surface area contributed by atoms with Crippen LogP contribution in [0.3, 0.4) is 0 Å². The van der Waals surface area contributed by atoms with E-state index in [0.29, 0.717) is 0 Å². The lowest BCUT2D eigenvalue weighted by Crippen LogP contribution is -2.41. The third-order valence-electron chi connectivity index (χ3n) is 3.44. The summed E-state index contributed by atoms with van der Waals surface area (Å²) in [5.74, 6) is 2.29. The number of hydrogen-bond acceptors (Lipinski definition) is 3. The monoisotopic (exact) mass is 286 g/mol. The Hall–Kier alpha value is -0.420. The number of nitrogens with zero attached hydrogens (tertiary/aromatic N) is 2. The summed E-state index contributed by atoms with van der Waals surface area (Å²) in [6.07, 6.45) is 2.68. The van der Waals surface area contributed by atoms with Crippen LogP contribution in [-0.2, 0) is 0 Å². The van der Waals surface area contributed by atoms with Gasteiger partial charge in [0.15, 0.2) is 5.96 Å². The fourth-order valence-corrected chi connectivity index (χ4v) is 3.38. The molecule has 0 aromatic rings. The van der Waals surface area contributed by atoms with Crippen molar-refractivity contribution in [3.05, 3.63) is 0 Å². The van der Waals surface area contributed by atoms with E-state index < -0.39 is 0 Å². The fourth-order valence-electron chi connectivity index (χ4n) is 2.20. The van der Waals surface area contributed by atoms with E-state index in [1.165, 1.54) is 18.6 Å². The normalized spacial score (nSPS) is 20.0. The van der Waals surface area contributed by atoms with Gasteiger partial charge >= 0.3 is 0 Å². The number of aliphatic imine (C=N–C) groups is 1. The van der Waals surface area contributed by atoms with Crippen molar-refractivity contribution in [2.24, 2.45) is 4.99 Å². The van der Waals surface area contributed by atoms with Gasteiger partial charge < -0.3 is 15.5 Å². The molecule has 5 heteroatoms. The van der Waals surface area contributed by atoms with E-state index in [1.54, 1.807) is 0 Å². The highest BCUT2D eigenvalue weighted by atomic mass is 32.2. The standard InChI is InChI=1S/C14H30N4S/c1-4-15-14(16-9-10-18(5-2)6-3)17-12-13-8-7-11-19-13/h13H,4-12H2,1-3H3,(H2,15,16,17). The van der Waals surface area contributed by atoms with Crippen LogP contribution < -0.4 is 10.6 Å². The molecular formula is C14H30N4S. The van der Waals surface area contributed by atoms with Crippen LogP contribution in [0, 0.1) is 0 Å². The van der Waals surface area contributed by atoms with Crippen LogP contribution in [0.4, 0.5) is 0 Å². The molecule has 0 saturated carbocycles. The topological polar surface area (TPSA) is 39.7 Å².